The molecule has 0 saturated heterocycles. The monoisotopic (exact) mass is 659 g/mol. The van der Waals surface area contributed by atoms with Crippen molar-refractivity contribution in [3.63, 3.8) is 0 Å². The van der Waals surface area contributed by atoms with Gasteiger partial charge in [-0.25, -0.2) is 0 Å². The number of rotatable bonds is 31. The molecule has 0 bridgehead atoms. The molecule has 0 aliphatic carbocycles. The van der Waals surface area contributed by atoms with Crippen LogP contribution in [-0.4, -0.2) is 61.8 Å². The third kappa shape index (κ3) is 29.6. The van der Waals surface area contributed by atoms with Crippen molar-refractivity contribution in [2.24, 2.45) is 0 Å². The van der Waals surface area contributed by atoms with Gasteiger partial charge in [0.25, 0.3) is 0 Å². The molecule has 2 N–H and O–H groups in total. The molecule has 45 heavy (non-hydrogen) atoms. The number of nitrogens with zero attached hydrogens (tertiary/aromatic N) is 1. The molecule has 0 radical (unpaired) electrons. The molecule has 0 atom stereocenters. The Labute approximate surface area is 269 Å². The van der Waals surface area contributed by atoms with Gasteiger partial charge in [-0.2, -0.15) is 26.3 Å². The van der Waals surface area contributed by atoms with Crippen molar-refractivity contribution in [1.29, 1.82) is 0 Å². The average Bonchev–Trinajstić information content (AvgIpc) is 2.98. The Morgan fingerprint density at radius 1 is 0.422 bits per heavy atom. The molecule has 11 heteroatoms. The Hall–Kier alpha value is -1.52. The number of halogens is 6. The van der Waals surface area contributed by atoms with E-state index in [0.29, 0.717) is 12.8 Å². The van der Waals surface area contributed by atoms with Crippen molar-refractivity contribution in [2.45, 2.75) is 173 Å². The first-order valence-corrected chi connectivity index (χ1v) is 17.9. The molecule has 0 saturated carbocycles. The highest BCUT2D eigenvalue weighted by molar-refractivity contribution is 5.81. The molecule has 0 spiro atoms. The molecule has 0 aliphatic rings. The summed E-state index contributed by atoms with van der Waals surface area (Å²) in [6, 6.07) is 0. The number of nitrogens with one attached hydrogen (secondary N) is 2. The largest absolute Gasteiger partial charge is 0.471 e. The lowest BCUT2D eigenvalue weighted by molar-refractivity contribution is -0.173. The van der Waals surface area contributed by atoms with Crippen molar-refractivity contribution in [2.75, 3.05) is 32.7 Å². The molecule has 268 valence electrons. The second kappa shape index (κ2) is 28.7. The standard InChI is InChI=1S/C34H63F6N3O2/c1-2-3-4-5-6-7-8-9-10-11-12-13-14-15-18-23-28-43(29-24-19-16-21-26-41-31(44)33(35,36)37)30-25-20-17-22-27-42-32(45)34(38,39)40/h2-30H2,1H3,(H,41,44)(H,42,45). The molecule has 0 aliphatic heterocycles. The lowest BCUT2D eigenvalue weighted by Gasteiger charge is -2.22. The van der Waals surface area contributed by atoms with E-state index in [2.05, 4.69) is 11.8 Å². The zero-order valence-corrected chi connectivity index (χ0v) is 28.0. The summed E-state index contributed by atoms with van der Waals surface area (Å²) in [7, 11) is 0. The molecule has 0 aromatic carbocycles. The van der Waals surface area contributed by atoms with E-state index >= 15 is 0 Å². The summed E-state index contributed by atoms with van der Waals surface area (Å²) in [6.45, 7) is 5.07. The van der Waals surface area contributed by atoms with E-state index in [1.807, 2.05) is 10.6 Å². The smallest absolute Gasteiger partial charge is 0.348 e. The van der Waals surface area contributed by atoms with Crippen molar-refractivity contribution in [3.05, 3.63) is 0 Å². The lowest BCUT2D eigenvalue weighted by Crippen LogP contribution is -2.37. The third-order valence-corrected chi connectivity index (χ3v) is 8.22. The average molecular weight is 660 g/mol. The third-order valence-electron chi connectivity index (χ3n) is 8.22. The number of carbonyl (C=O) groups excluding carboxylic acids is 2. The number of hydrogen-bond acceptors (Lipinski definition) is 3. The van der Waals surface area contributed by atoms with Crippen LogP contribution in [0.5, 0.6) is 0 Å². The first kappa shape index (κ1) is 43.5. The minimum absolute atomic E-state index is 0.0185. The predicted octanol–water partition coefficient (Wildman–Crippen LogP) is 10.0. The van der Waals surface area contributed by atoms with E-state index in [0.717, 1.165) is 64.6 Å². The van der Waals surface area contributed by atoms with Crippen molar-refractivity contribution >= 4 is 11.8 Å². The molecular weight excluding hydrogens is 596 g/mol. The SMILES string of the molecule is CCCCCCCCCCCCCCCCCCN(CCCCCCNC(=O)C(F)(F)F)CCCCCCNC(=O)C(F)(F)F. The summed E-state index contributed by atoms with van der Waals surface area (Å²) in [5, 5.41) is 3.81. The van der Waals surface area contributed by atoms with Crippen LogP contribution >= 0.6 is 0 Å². The first-order chi connectivity index (χ1) is 21.5. The van der Waals surface area contributed by atoms with Gasteiger partial charge < -0.3 is 15.5 Å². The van der Waals surface area contributed by atoms with Gasteiger partial charge in [-0.1, -0.05) is 129 Å². The van der Waals surface area contributed by atoms with Crippen LogP contribution in [0.25, 0.3) is 0 Å². The highest BCUT2D eigenvalue weighted by Crippen LogP contribution is 2.16. The minimum atomic E-state index is -4.84. The molecule has 0 aromatic heterocycles. The molecule has 2 amide bonds. The van der Waals surface area contributed by atoms with E-state index < -0.39 is 24.2 Å². The number of alkyl halides is 6. The van der Waals surface area contributed by atoms with Gasteiger partial charge >= 0.3 is 24.2 Å². The lowest BCUT2D eigenvalue weighted by atomic mass is 10.0. The van der Waals surface area contributed by atoms with Crippen molar-refractivity contribution in [1.82, 2.24) is 15.5 Å². The van der Waals surface area contributed by atoms with Crippen molar-refractivity contribution in [3.8, 4) is 0 Å². The summed E-state index contributed by atoms with van der Waals surface area (Å²) in [5.74, 6) is -3.79. The molecule has 0 heterocycles. The van der Waals surface area contributed by atoms with Gasteiger partial charge in [-0.3, -0.25) is 9.59 Å². The Kier molecular flexibility index (Phi) is 27.7. The summed E-state index contributed by atoms with van der Waals surface area (Å²) in [4.78, 5) is 24.2. The van der Waals surface area contributed by atoms with Gasteiger partial charge in [-0.05, 0) is 51.7 Å². The van der Waals surface area contributed by atoms with Gasteiger partial charge in [0, 0.05) is 13.1 Å². The number of amides is 2. The fourth-order valence-corrected chi connectivity index (χ4v) is 5.45. The Morgan fingerprint density at radius 3 is 0.933 bits per heavy atom. The molecule has 5 nitrogen and oxygen atoms in total. The number of hydrogen-bond donors (Lipinski definition) is 2. The van der Waals surface area contributed by atoms with E-state index in [-0.39, 0.29) is 13.1 Å². The zero-order chi connectivity index (χ0) is 33.7. The first-order valence-electron chi connectivity index (χ1n) is 17.9. The maximum absolute atomic E-state index is 12.3. The van der Waals surface area contributed by atoms with Crippen LogP contribution in [-0.2, 0) is 9.59 Å². The second-order valence-electron chi connectivity index (χ2n) is 12.5. The maximum atomic E-state index is 12.3. The fraction of sp³-hybridized carbons (Fsp3) is 0.941. The second-order valence-corrected chi connectivity index (χ2v) is 12.5. The van der Waals surface area contributed by atoms with Crippen LogP contribution in [0.1, 0.15) is 161 Å². The van der Waals surface area contributed by atoms with Crippen LogP contribution in [0.15, 0.2) is 0 Å². The van der Waals surface area contributed by atoms with E-state index in [1.54, 1.807) is 0 Å². The summed E-state index contributed by atoms with van der Waals surface area (Å²) in [5.41, 5.74) is 0. The van der Waals surface area contributed by atoms with Crippen molar-refractivity contribution < 1.29 is 35.9 Å². The molecule has 0 unspecified atom stereocenters. The molecule has 0 fully saturated rings. The maximum Gasteiger partial charge on any atom is 0.471 e. The summed E-state index contributed by atoms with van der Waals surface area (Å²) < 4.78 is 73.6. The van der Waals surface area contributed by atoms with E-state index in [4.69, 9.17) is 0 Å². The minimum Gasteiger partial charge on any atom is -0.348 e. The highest BCUT2D eigenvalue weighted by atomic mass is 19.4. The molecule has 0 aromatic rings. The normalized spacial score (nSPS) is 12.2. The van der Waals surface area contributed by atoms with Crippen LogP contribution < -0.4 is 10.6 Å². The van der Waals surface area contributed by atoms with E-state index in [9.17, 15) is 35.9 Å². The van der Waals surface area contributed by atoms with Crippen LogP contribution in [0, 0.1) is 0 Å². The fourth-order valence-electron chi connectivity index (χ4n) is 5.45. The zero-order valence-electron chi connectivity index (χ0n) is 28.0. The van der Waals surface area contributed by atoms with E-state index in [1.165, 1.54) is 96.3 Å². The van der Waals surface area contributed by atoms with Gasteiger partial charge in [0.2, 0.25) is 0 Å². The van der Waals surface area contributed by atoms with Gasteiger partial charge in [-0.15, -0.1) is 0 Å². The Balaban J connectivity index is 4.05. The van der Waals surface area contributed by atoms with Gasteiger partial charge in [0.15, 0.2) is 0 Å². The predicted molar refractivity (Wildman–Crippen MR) is 171 cm³/mol. The van der Waals surface area contributed by atoms with Gasteiger partial charge in [0.05, 0.1) is 0 Å². The number of unbranched alkanes of at least 4 members (excludes halogenated alkanes) is 21. The summed E-state index contributed by atoms with van der Waals surface area (Å²) in [6.07, 6.45) is 17.5. The Bertz CT molecular complexity index is 664. The van der Waals surface area contributed by atoms with Crippen LogP contribution in [0.2, 0.25) is 0 Å². The topological polar surface area (TPSA) is 61.4 Å². The molecular formula is C34H63F6N3O2. The quantitative estimate of drug-likeness (QED) is 0.0575. The number of carbonyl (C=O) groups is 2. The summed E-state index contributed by atoms with van der Waals surface area (Å²) >= 11 is 0. The van der Waals surface area contributed by atoms with Crippen LogP contribution in [0.3, 0.4) is 0 Å². The Morgan fingerprint density at radius 2 is 0.667 bits per heavy atom. The highest BCUT2D eigenvalue weighted by Gasteiger charge is 2.38. The van der Waals surface area contributed by atoms with Gasteiger partial charge in [0.1, 0.15) is 0 Å². The van der Waals surface area contributed by atoms with Crippen LogP contribution in [0.4, 0.5) is 26.3 Å². The molecule has 0 rings (SSSR count).